The Balaban J connectivity index is 2.10. The Morgan fingerprint density at radius 2 is 2.00 bits per heavy atom. The molecule has 4 unspecified atom stereocenters. The average molecular weight is 257 g/mol. The van der Waals surface area contributed by atoms with E-state index >= 15 is 0 Å². The summed E-state index contributed by atoms with van der Waals surface area (Å²) in [6.07, 6.45) is 4.89. The highest BCUT2D eigenvalue weighted by atomic mass is 16.5. The fourth-order valence-electron chi connectivity index (χ4n) is 2.39. The smallest absolute Gasteiger partial charge is 0.0897 e. The summed E-state index contributed by atoms with van der Waals surface area (Å²) >= 11 is 0. The van der Waals surface area contributed by atoms with Crippen LogP contribution < -0.4 is 5.32 Å². The summed E-state index contributed by atoms with van der Waals surface area (Å²) in [4.78, 5) is 0. The van der Waals surface area contributed by atoms with Crippen LogP contribution in [-0.4, -0.2) is 36.5 Å². The molecule has 0 aromatic heterocycles. The molecule has 0 aromatic rings. The van der Waals surface area contributed by atoms with Crippen LogP contribution in [0, 0.1) is 11.8 Å². The molecule has 0 bridgehead atoms. The predicted molar refractivity (Wildman–Crippen MR) is 75.7 cm³/mol. The van der Waals surface area contributed by atoms with Gasteiger partial charge >= 0.3 is 0 Å². The van der Waals surface area contributed by atoms with E-state index in [4.69, 9.17) is 4.74 Å². The molecule has 4 atom stereocenters. The second kappa shape index (κ2) is 8.13. The van der Waals surface area contributed by atoms with Crippen molar-refractivity contribution in [2.75, 3.05) is 13.2 Å². The van der Waals surface area contributed by atoms with Crippen molar-refractivity contribution >= 4 is 0 Å². The maximum absolute atomic E-state index is 9.89. The number of hydrogen-bond acceptors (Lipinski definition) is 3. The van der Waals surface area contributed by atoms with Gasteiger partial charge in [0.15, 0.2) is 0 Å². The monoisotopic (exact) mass is 257 g/mol. The summed E-state index contributed by atoms with van der Waals surface area (Å²) in [7, 11) is 0. The van der Waals surface area contributed by atoms with Gasteiger partial charge in [0.25, 0.3) is 0 Å². The van der Waals surface area contributed by atoms with Crippen molar-refractivity contribution < 1.29 is 9.84 Å². The quantitative estimate of drug-likeness (QED) is 0.736. The van der Waals surface area contributed by atoms with Crippen LogP contribution in [0.2, 0.25) is 0 Å². The summed E-state index contributed by atoms with van der Waals surface area (Å²) in [5.74, 6) is 1.37. The van der Waals surface area contributed by atoms with E-state index in [2.05, 4.69) is 33.0 Å². The molecule has 1 rings (SSSR count). The first-order chi connectivity index (χ1) is 8.49. The number of ether oxygens (including phenoxy) is 1. The molecule has 1 aliphatic rings. The van der Waals surface area contributed by atoms with Crippen molar-refractivity contribution in [3.8, 4) is 0 Å². The molecule has 0 radical (unpaired) electrons. The molecule has 0 saturated heterocycles. The number of aliphatic hydroxyl groups is 1. The van der Waals surface area contributed by atoms with Crippen molar-refractivity contribution in [1.82, 2.24) is 5.32 Å². The Kier molecular flexibility index (Phi) is 7.20. The fraction of sp³-hybridized carbons (Fsp3) is 1.00. The molecule has 108 valence electrons. The van der Waals surface area contributed by atoms with E-state index in [-0.39, 0.29) is 6.10 Å². The van der Waals surface area contributed by atoms with Gasteiger partial charge in [0.05, 0.1) is 18.8 Å². The minimum absolute atomic E-state index is 0.367. The highest BCUT2D eigenvalue weighted by molar-refractivity contribution is 4.72. The lowest BCUT2D eigenvalue weighted by atomic mass is 9.89. The number of rotatable bonds is 7. The minimum atomic E-state index is -0.386. The minimum Gasteiger partial charge on any atom is -0.389 e. The maximum atomic E-state index is 9.89. The van der Waals surface area contributed by atoms with E-state index in [1.807, 2.05) is 0 Å². The molecule has 1 fully saturated rings. The van der Waals surface area contributed by atoms with Crippen LogP contribution in [0.25, 0.3) is 0 Å². The summed E-state index contributed by atoms with van der Waals surface area (Å²) in [5.41, 5.74) is 0. The largest absolute Gasteiger partial charge is 0.389 e. The van der Waals surface area contributed by atoms with Crippen LogP contribution in [-0.2, 0) is 4.74 Å². The van der Waals surface area contributed by atoms with Crippen LogP contribution in [0.4, 0.5) is 0 Å². The van der Waals surface area contributed by atoms with Crippen LogP contribution in [0.15, 0.2) is 0 Å². The molecule has 0 heterocycles. The maximum Gasteiger partial charge on any atom is 0.0897 e. The fourth-order valence-corrected chi connectivity index (χ4v) is 2.39. The Morgan fingerprint density at radius 3 is 2.61 bits per heavy atom. The SMILES string of the molecule is CC1CCCC(OCC(O)CNC(C)C(C)C)C1. The van der Waals surface area contributed by atoms with Gasteiger partial charge in [0.1, 0.15) is 0 Å². The topological polar surface area (TPSA) is 41.5 Å². The van der Waals surface area contributed by atoms with Crippen LogP contribution in [0.1, 0.15) is 53.4 Å². The van der Waals surface area contributed by atoms with Crippen molar-refractivity contribution in [3.05, 3.63) is 0 Å². The van der Waals surface area contributed by atoms with E-state index in [1.165, 1.54) is 12.8 Å². The Morgan fingerprint density at radius 1 is 1.28 bits per heavy atom. The molecule has 1 aliphatic carbocycles. The summed E-state index contributed by atoms with van der Waals surface area (Å²) < 4.78 is 5.82. The lowest BCUT2D eigenvalue weighted by Gasteiger charge is -2.28. The highest BCUT2D eigenvalue weighted by Crippen LogP contribution is 2.25. The lowest BCUT2D eigenvalue weighted by molar-refractivity contribution is -0.0313. The Labute approximate surface area is 112 Å². The normalized spacial score (nSPS) is 28.3. The van der Waals surface area contributed by atoms with E-state index in [0.717, 1.165) is 18.8 Å². The van der Waals surface area contributed by atoms with Crippen LogP contribution in [0.5, 0.6) is 0 Å². The van der Waals surface area contributed by atoms with E-state index in [0.29, 0.717) is 31.2 Å². The van der Waals surface area contributed by atoms with Gasteiger partial charge in [-0.2, -0.15) is 0 Å². The second-order valence-corrected chi connectivity index (χ2v) is 6.32. The summed E-state index contributed by atoms with van der Waals surface area (Å²) in [6, 6.07) is 0.439. The van der Waals surface area contributed by atoms with Gasteiger partial charge in [-0.25, -0.2) is 0 Å². The molecule has 18 heavy (non-hydrogen) atoms. The number of hydrogen-bond donors (Lipinski definition) is 2. The van der Waals surface area contributed by atoms with Crippen molar-refractivity contribution in [2.45, 2.75) is 71.6 Å². The zero-order valence-electron chi connectivity index (χ0n) is 12.5. The van der Waals surface area contributed by atoms with E-state index < -0.39 is 0 Å². The second-order valence-electron chi connectivity index (χ2n) is 6.32. The van der Waals surface area contributed by atoms with Gasteiger partial charge in [0.2, 0.25) is 0 Å². The molecule has 0 aromatic carbocycles. The van der Waals surface area contributed by atoms with Crippen molar-refractivity contribution in [3.63, 3.8) is 0 Å². The van der Waals surface area contributed by atoms with Gasteiger partial charge in [-0.3, -0.25) is 0 Å². The Hall–Kier alpha value is -0.120. The molecule has 3 nitrogen and oxygen atoms in total. The first kappa shape index (κ1) is 15.9. The number of nitrogens with one attached hydrogen (secondary N) is 1. The molecule has 3 heteroatoms. The average Bonchev–Trinajstić information content (AvgIpc) is 2.33. The summed E-state index contributed by atoms with van der Waals surface area (Å²) in [6.45, 7) is 9.91. The van der Waals surface area contributed by atoms with Gasteiger partial charge in [-0.1, -0.05) is 33.6 Å². The zero-order chi connectivity index (χ0) is 13.5. The standard InChI is InChI=1S/C15H31NO2/c1-11(2)13(4)16-9-14(17)10-18-15-7-5-6-12(3)8-15/h11-17H,5-10H2,1-4H3. The lowest BCUT2D eigenvalue weighted by Crippen LogP contribution is -2.39. The first-order valence-electron chi connectivity index (χ1n) is 7.52. The van der Waals surface area contributed by atoms with Gasteiger partial charge in [0, 0.05) is 12.6 Å². The summed E-state index contributed by atoms with van der Waals surface area (Å²) in [5, 5.41) is 13.2. The van der Waals surface area contributed by atoms with E-state index in [1.54, 1.807) is 0 Å². The molecular formula is C15H31NO2. The van der Waals surface area contributed by atoms with Gasteiger partial charge in [-0.05, 0) is 31.6 Å². The third kappa shape index (κ3) is 6.17. The number of aliphatic hydroxyl groups excluding tert-OH is 1. The molecule has 1 saturated carbocycles. The van der Waals surface area contributed by atoms with E-state index in [9.17, 15) is 5.11 Å². The van der Waals surface area contributed by atoms with Crippen molar-refractivity contribution in [1.29, 1.82) is 0 Å². The molecular weight excluding hydrogens is 226 g/mol. The van der Waals surface area contributed by atoms with Crippen LogP contribution in [0.3, 0.4) is 0 Å². The third-order valence-corrected chi connectivity index (χ3v) is 4.09. The molecule has 2 N–H and O–H groups in total. The van der Waals surface area contributed by atoms with Gasteiger partial charge < -0.3 is 15.2 Å². The first-order valence-corrected chi connectivity index (χ1v) is 7.52. The predicted octanol–water partition coefficient (Wildman–Crippen LogP) is 2.58. The zero-order valence-corrected chi connectivity index (χ0v) is 12.5. The molecule has 0 amide bonds. The van der Waals surface area contributed by atoms with Crippen LogP contribution >= 0.6 is 0 Å². The molecule has 0 spiro atoms. The third-order valence-electron chi connectivity index (χ3n) is 4.09. The highest BCUT2D eigenvalue weighted by Gasteiger charge is 2.20. The van der Waals surface area contributed by atoms with Crippen molar-refractivity contribution in [2.24, 2.45) is 11.8 Å². The Bertz CT molecular complexity index is 221. The van der Waals surface area contributed by atoms with Gasteiger partial charge in [-0.15, -0.1) is 0 Å². The molecule has 0 aliphatic heterocycles.